The third kappa shape index (κ3) is 6.06. The second kappa shape index (κ2) is 10.8. The van der Waals surface area contributed by atoms with E-state index in [2.05, 4.69) is 85.3 Å². The third-order valence-electron chi connectivity index (χ3n) is 5.10. The molecule has 0 aliphatic carbocycles. The number of aryl methyl sites for hydroxylation is 1. The van der Waals surface area contributed by atoms with Crippen molar-refractivity contribution in [1.29, 1.82) is 0 Å². The molecule has 2 N–H and O–H groups in total. The van der Waals surface area contributed by atoms with Gasteiger partial charge in [0.1, 0.15) is 0 Å². The minimum atomic E-state index is -0.203. The first-order chi connectivity index (χ1) is 15.2. The van der Waals surface area contributed by atoms with E-state index < -0.39 is 0 Å². The molecule has 4 aromatic rings. The lowest BCUT2D eigenvalue weighted by molar-refractivity contribution is 0.554. The molecular formula is C25H25BrN4S. The molecule has 0 aliphatic rings. The molecule has 0 saturated carbocycles. The van der Waals surface area contributed by atoms with Gasteiger partial charge in [-0.05, 0) is 41.7 Å². The highest BCUT2D eigenvalue weighted by Gasteiger charge is 2.19. The summed E-state index contributed by atoms with van der Waals surface area (Å²) in [4.78, 5) is 0. The normalized spacial score (nSPS) is 12.1. The summed E-state index contributed by atoms with van der Waals surface area (Å²) in [6, 6.07) is 29.0. The van der Waals surface area contributed by atoms with Gasteiger partial charge < -0.3 is 10.3 Å². The van der Waals surface area contributed by atoms with Gasteiger partial charge in [0.05, 0.1) is 6.04 Å². The number of hydrogen-bond acceptors (Lipinski definition) is 4. The Hall–Kier alpha value is -2.41. The van der Waals surface area contributed by atoms with E-state index in [0.29, 0.717) is 0 Å². The number of hydrogen-bond donors (Lipinski definition) is 1. The summed E-state index contributed by atoms with van der Waals surface area (Å²) in [6.07, 6.45) is 1.65. The molecule has 158 valence electrons. The van der Waals surface area contributed by atoms with Gasteiger partial charge in [-0.2, -0.15) is 0 Å². The molecule has 0 unspecified atom stereocenters. The van der Waals surface area contributed by atoms with E-state index in [1.807, 2.05) is 30.3 Å². The zero-order valence-corrected chi connectivity index (χ0v) is 19.6. The van der Waals surface area contributed by atoms with Crippen LogP contribution in [0.5, 0.6) is 0 Å². The van der Waals surface area contributed by atoms with Crippen LogP contribution in [0.1, 0.15) is 28.6 Å². The van der Waals surface area contributed by atoms with Crippen LogP contribution in [0.4, 0.5) is 0 Å². The van der Waals surface area contributed by atoms with Crippen LogP contribution in [0, 0.1) is 0 Å². The van der Waals surface area contributed by atoms with Crippen molar-refractivity contribution in [2.24, 2.45) is 5.73 Å². The Morgan fingerprint density at radius 1 is 0.839 bits per heavy atom. The van der Waals surface area contributed by atoms with Crippen LogP contribution in [0.15, 0.2) is 94.6 Å². The lowest BCUT2D eigenvalue weighted by Gasteiger charge is -2.15. The number of thioether (sulfide) groups is 1. The van der Waals surface area contributed by atoms with Crippen LogP contribution in [-0.2, 0) is 25.1 Å². The maximum atomic E-state index is 6.60. The van der Waals surface area contributed by atoms with Crippen molar-refractivity contribution in [1.82, 2.24) is 14.8 Å². The monoisotopic (exact) mass is 492 g/mol. The number of nitrogens with zero attached hydrogens (tertiary/aromatic N) is 3. The smallest absolute Gasteiger partial charge is 0.191 e. The lowest BCUT2D eigenvalue weighted by Crippen LogP contribution is -2.20. The van der Waals surface area contributed by atoms with Crippen molar-refractivity contribution in [3.8, 4) is 0 Å². The fourth-order valence-corrected chi connectivity index (χ4v) is 4.87. The molecule has 0 bridgehead atoms. The van der Waals surface area contributed by atoms with E-state index in [1.54, 1.807) is 11.8 Å². The van der Waals surface area contributed by atoms with Gasteiger partial charge in [-0.25, -0.2) is 0 Å². The minimum absolute atomic E-state index is 0.203. The van der Waals surface area contributed by atoms with Crippen molar-refractivity contribution in [2.45, 2.75) is 36.3 Å². The van der Waals surface area contributed by atoms with Crippen LogP contribution < -0.4 is 5.73 Å². The molecule has 1 atom stereocenters. The average molecular weight is 493 g/mol. The SMILES string of the molecule is N[C@@H](Cc1ccccc1)c1nnc(SCc2cccc(Br)c2)n1CCc1ccccc1. The second-order valence-electron chi connectivity index (χ2n) is 7.44. The van der Waals surface area contributed by atoms with E-state index in [0.717, 1.165) is 40.6 Å². The van der Waals surface area contributed by atoms with Crippen molar-refractivity contribution < 1.29 is 0 Å². The zero-order valence-electron chi connectivity index (χ0n) is 17.2. The number of benzene rings is 3. The molecular weight excluding hydrogens is 468 g/mol. The molecule has 0 fully saturated rings. The fourth-order valence-electron chi connectivity index (χ4n) is 3.51. The van der Waals surface area contributed by atoms with Gasteiger partial charge in [0.2, 0.25) is 0 Å². The second-order valence-corrected chi connectivity index (χ2v) is 9.30. The zero-order chi connectivity index (χ0) is 21.5. The first-order valence-corrected chi connectivity index (χ1v) is 12.1. The summed E-state index contributed by atoms with van der Waals surface area (Å²) < 4.78 is 3.28. The minimum Gasteiger partial charge on any atom is -0.321 e. The molecule has 4 nitrogen and oxygen atoms in total. The van der Waals surface area contributed by atoms with Crippen molar-refractivity contribution >= 4 is 27.7 Å². The highest BCUT2D eigenvalue weighted by atomic mass is 79.9. The topological polar surface area (TPSA) is 56.7 Å². The average Bonchev–Trinajstić information content (AvgIpc) is 3.21. The molecule has 1 heterocycles. The van der Waals surface area contributed by atoms with Gasteiger partial charge >= 0.3 is 0 Å². The fraction of sp³-hybridized carbons (Fsp3) is 0.200. The summed E-state index contributed by atoms with van der Waals surface area (Å²) >= 11 is 5.25. The molecule has 0 amide bonds. The molecule has 1 aromatic heterocycles. The summed E-state index contributed by atoms with van der Waals surface area (Å²) in [5.41, 5.74) is 10.3. The number of rotatable bonds is 9. The first kappa shape index (κ1) is 21.8. The molecule has 4 rings (SSSR count). The van der Waals surface area contributed by atoms with E-state index in [1.165, 1.54) is 16.7 Å². The summed E-state index contributed by atoms with van der Waals surface area (Å²) in [7, 11) is 0. The highest BCUT2D eigenvalue weighted by Crippen LogP contribution is 2.26. The Balaban J connectivity index is 1.54. The maximum absolute atomic E-state index is 6.60. The van der Waals surface area contributed by atoms with Crippen LogP contribution >= 0.6 is 27.7 Å². The van der Waals surface area contributed by atoms with E-state index in [9.17, 15) is 0 Å². The largest absolute Gasteiger partial charge is 0.321 e. The Labute approximate surface area is 196 Å². The van der Waals surface area contributed by atoms with Crippen LogP contribution in [-0.4, -0.2) is 14.8 Å². The van der Waals surface area contributed by atoms with Crippen molar-refractivity contribution in [3.05, 3.63) is 112 Å². The molecule has 0 spiro atoms. The van der Waals surface area contributed by atoms with E-state index in [4.69, 9.17) is 5.73 Å². The van der Waals surface area contributed by atoms with E-state index in [-0.39, 0.29) is 6.04 Å². The highest BCUT2D eigenvalue weighted by molar-refractivity contribution is 9.10. The van der Waals surface area contributed by atoms with Crippen molar-refractivity contribution in [3.63, 3.8) is 0 Å². The lowest BCUT2D eigenvalue weighted by atomic mass is 10.1. The molecule has 0 radical (unpaired) electrons. The van der Waals surface area contributed by atoms with Gasteiger partial charge in [0.15, 0.2) is 11.0 Å². The number of halogens is 1. The van der Waals surface area contributed by atoms with Crippen LogP contribution in [0.3, 0.4) is 0 Å². The predicted octanol–water partition coefficient (Wildman–Crippen LogP) is 5.82. The number of nitrogens with two attached hydrogens (primary N) is 1. The molecule has 31 heavy (non-hydrogen) atoms. The summed E-state index contributed by atoms with van der Waals surface area (Å²) in [6.45, 7) is 0.801. The van der Waals surface area contributed by atoms with Gasteiger partial charge in [-0.3, -0.25) is 0 Å². The molecule has 6 heteroatoms. The quantitative estimate of drug-likeness (QED) is 0.299. The van der Waals surface area contributed by atoms with Crippen LogP contribution in [0.2, 0.25) is 0 Å². The van der Waals surface area contributed by atoms with Gasteiger partial charge in [0.25, 0.3) is 0 Å². The molecule has 0 saturated heterocycles. The Morgan fingerprint density at radius 3 is 2.23 bits per heavy atom. The Morgan fingerprint density at radius 2 is 1.52 bits per heavy atom. The van der Waals surface area contributed by atoms with Crippen molar-refractivity contribution in [2.75, 3.05) is 0 Å². The van der Waals surface area contributed by atoms with Gasteiger partial charge in [-0.15, -0.1) is 10.2 Å². The Bertz CT molecular complexity index is 1100. The third-order valence-corrected chi connectivity index (χ3v) is 6.63. The van der Waals surface area contributed by atoms with Gasteiger partial charge in [-0.1, -0.05) is 100 Å². The number of aromatic nitrogens is 3. The molecule has 0 aliphatic heterocycles. The summed E-state index contributed by atoms with van der Waals surface area (Å²) in [5.74, 6) is 1.67. The molecule has 3 aromatic carbocycles. The standard InChI is InChI=1S/C25H25BrN4S/c26-22-13-7-12-21(16-22)18-31-25-29-28-24(23(27)17-20-10-5-2-6-11-20)30(25)15-14-19-8-3-1-4-9-19/h1-13,16,23H,14-15,17-18,27H2/t23-/m0/s1. The van der Waals surface area contributed by atoms with E-state index >= 15 is 0 Å². The predicted molar refractivity (Wildman–Crippen MR) is 131 cm³/mol. The maximum Gasteiger partial charge on any atom is 0.191 e. The van der Waals surface area contributed by atoms with Crippen LogP contribution in [0.25, 0.3) is 0 Å². The Kier molecular flexibility index (Phi) is 7.57. The van der Waals surface area contributed by atoms with Gasteiger partial charge in [0, 0.05) is 16.8 Å². The first-order valence-electron chi connectivity index (χ1n) is 10.3. The summed E-state index contributed by atoms with van der Waals surface area (Å²) in [5, 5.41) is 9.94.